The highest BCUT2D eigenvalue weighted by Gasteiger charge is 2.21. The van der Waals surface area contributed by atoms with Gasteiger partial charge in [0.15, 0.2) is 0 Å². The predicted octanol–water partition coefficient (Wildman–Crippen LogP) is 2.79. The normalized spacial score (nSPS) is 16.0. The van der Waals surface area contributed by atoms with E-state index in [0.29, 0.717) is 18.8 Å². The van der Waals surface area contributed by atoms with Crippen LogP contribution in [0.25, 0.3) is 0 Å². The molecular formula is C18H22FN3O2. The molecule has 0 saturated carbocycles. The Morgan fingerprint density at radius 3 is 2.75 bits per heavy atom. The second-order valence-corrected chi connectivity index (χ2v) is 6.01. The van der Waals surface area contributed by atoms with Crippen LogP contribution < -0.4 is 10.2 Å². The van der Waals surface area contributed by atoms with Crippen molar-refractivity contribution in [3.05, 3.63) is 53.1 Å². The monoisotopic (exact) mass is 331 g/mol. The number of nitrogens with zero attached hydrogens (tertiary/aromatic N) is 1. The number of ether oxygens (including phenoxy) is 1. The summed E-state index contributed by atoms with van der Waals surface area (Å²) in [5.74, 6) is -0.473. The Morgan fingerprint density at radius 2 is 2.08 bits per heavy atom. The van der Waals surface area contributed by atoms with Crippen LogP contribution in [0.2, 0.25) is 0 Å². The standard InChI is InChI=1S/C18H22FN3O2/c1-12-15(5-6-20-12)18(23)21-13(2)16-11-14(19)3-4-17(16)22-7-9-24-10-8-22/h3-6,11,13,20H,7-10H2,1-2H3,(H,21,23)/t13-/m0/s1. The fourth-order valence-corrected chi connectivity index (χ4v) is 3.02. The van der Waals surface area contributed by atoms with Gasteiger partial charge in [0.25, 0.3) is 5.91 Å². The predicted molar refractivity (Wildman–Crippen MR) is 90.8 cm³/mol. The zero-order valence-electron chi connectivity index (χ0n) is 13.9. The first-order valence-corrected chi connectivity index (χ1v) is 8.13. The SMILES string of the molecule is Cc1[nH]ccc1C(=O)N[C@@H](C)c1cc(F)ccc1N1CCOCC1. The van der Waals surface area contributed by atoms with Gasteiger partial charge in [-0.25, -0.2) is 4.39 Å². The van der Waals surface area contributed by atoms with Gasteiger partial charge in [0, 0.05) is 36.2 Å². The first kappa shape index (κ1) is 16.5. The third-order valence-electron chi connectivity index (χ3n) is 4.35. The van der Waals surface area contributed by atoms with Crippen molar-refractivity contribution >= 4 is 11.6 Å². The van der Waals surface area contributed by atoms with Crippen molar-refractivity contribution in [3.63, 3.8) is 0 Å². The first-order chi connectivity index (χ1) is 11.6. The van der Waals surface area contributed by atoms with E-state index in [1.54, 1.807) is 18.3 Å². The summed E-state index contributed by atoms with van der Waals surface area (Å²) in [6.45, 7) is 6.55. The fourth-order valence-electron chi connectivity index (χ4n) is 3.02. The van der Waals surface area contributed by atoms with Crippen molar-refractivity contribution in [2.75, 3.05) is 31.2 Å². The van der Waals surface area contributed by atoms with E-state index in [2.05, 4.69) is 15.2 Å². The highest BCUT2D eigenvalue weighted by Crippen LogP contribution is 2.28. The molecule has 1 aromatic carbocycles. The molecule has 1 amide bonds. The van der Waals surface area contributed by atoms with E-state index < -0.39 is 0 Å². The van der Waals surface area contributed by atoms with E-state index in [-0.39, 0.29) is 17.8 Å². The number of carbonyl (C=O) groups excluding carboxylic acids is 1. The molecule has 1 aliphatic rings. The van der Waals surface area contributed by atoms with E-state index in [0.717, 1.165) is 30.0 Å². The fraction of sp³-hybridized carbons (Fsp3) is 0.389. The van der Waals surface area contributed by atoms with E-state index >= 15 is 0 Å². The Bertz CT molecular complexity index is 723. The van der Waals surface area contributed by atoms with Crippen molar-refractivity contribution in [3.8, 4) is 0 Å². The summed E-state index contributed by atoms with van der Waals surface area (Å²) in [7, 11) is 0. The number of benzene rings is 1. The number of hydrogen-bond acceptors (Lipinski definition) is 3. The number of morpholine rings is 1. The van der Waals surface area contributed by atoms with Crippen LogP contribution in [0.15, 0.2) is 30.5 Å². The number of hydrogen-bond donors (Lipinski definition) is 2. The summed E-state index contributed by atoms with van der Waals surface area (Å²) in [5.41, 5.74) is 3.13. The quantitative estimate of drug-likeness (QED) is 0.906. The molecule has 2 N–H and O–H groups in total. The zero-order chi connectivity index (χ0) is 17.1. The molecule has 2 heterocycles. The molecule has 0 aliphatic carbocycles. The molecule has 1 fully saturated rings. The third-order valence-corrected chi connectivity index (χ3v) is 4.35. The number of H-pyrrole nitrogens is 1. The molecular weight excluding hydrogens is 309 g/mol. The lowest BCUT2D eigenvalue weighted by Crippen LogP contribution is -2.37. The van der Waals surface area contributed by atoms with Crippen molar-refractivity contribution < 1.29 is 13.9 Å². The average molecular weight is 331 g/mol. The summed E-state index contributed by atoms with van der Waals surface area (Å²) in [6, 6.07) is 6.17. The van der Waals surface area contributed by atoms with Crippen LogP contribution in [0.5, 0.6) is 0 Å². The number of rotatable bonds is 4. The van der Waals surface area contributed by atoms with Gasteiger partial charge in [0.05, 0.1) is 24.8 Å². The number of amides is 1. The molecule has 1 aromatic heterocycles. The molecule has 0 unspecified atom stereocenters. The highest BCUT2D eigenvalue weighted by molar-refractivity contribution is 5.95. The lowest BCUT2D eigenvalue weighted by Gasteiger charge is -2.32. The number of aromatic nitrogens is 1. The summed E-state index contributed by atoms with van der Waals surface area (Å²) in [6.07, 6.45) is 1.73. The minimum absolute atomic E-state index is 0.168. The molecule has 1 aliphatic heterocycles. The molecule has 1 atom stereocenters. The summed E-state index contributed by atoms with van der Waals surface area (Å²) >= 11 is 0. The van der Waals surface area contributed by atoms with Gasteiger partial charge in [-0.2, -0.15) is 0 Å². The Morgan fingerprint density at radius 1 is 1.33 bits per heavy atom. The third kappa shape index (κ3) is 3.43. The van der Waals surface area contributed by atoms with Gasteiger partial charge in [-0.15, -0.1) is 0 Å². The van der Waals surface area contributed by atoms with E-state index in [1.165, 1.54) is 12.1 Å². The zero-order valence-corrected chi connectivity index (χ0v) is 13.9. The lowest BCUT2D eigenvalue weighted by molar-refractivity contribution is 0.0939. The Hall–Kier alpha value is -2.34. The van der Waals surface area contributed by atoms with Crippen LogP contribution in [0, 0.1) is 12.7 Å². The summed E-state index contributed by atoms with van der Waals surface area (Å²) in [4.78, 5) is 17.6. The Balaban J connectivity index is 1.83. The number of anilines is 1. The van der Waals surface area contributed by atoms with Crippen molar-refractivity contribution in [2.24, 2.45) is 0 Å². The van der Waals surface area contributed by atoms with E-state index in [9.17, 15) is 9.18 Å². The van der Waals surface area contributed by atoms with Crippen LogP contribution in [0.3, 0.4) is 0 Å². The highest BCUT2D eigenvalue weighted by atomic mass is 19.1. The minimum atomic E-state index is -0.305. The Kier molecular flexibility index (Phi) is 4.85. The first-order valence-electron chi connectivity index (χ1n) is 8.13. The van der Waals surface area contributed by atoms with Crippen LogP contribution >= 0.6 is 0 Å². The van der Waals surface area contributed by atoms with Gasteiger partial charge < -0.3 is 19.9 Å². The molecule has 24 heavy (non-hydrogen) atoms. The smallest absolute Gasteiger partial charge is 0.253 e. The van der Waals surface area contributed by atoms with Crippen LogP contribution in [-0.2, 0) is 4.74 Å². The molecule has 1 saturated heterocycles. The minimum Gasteiger partial charge on any atom is -0.378 e. The molecule has 2 aromatic rings. The number of aromatic amines is 1. The summed E-state index contributed by atoms with van der Waals surface area (Å²) < 4.78 is 19.2. The Labute approximate surface area is 140 Å². The van der Waals surface area contributed by atoms with Crippen molar-refractivity contribution in [1.29, 1.82) is 0 Å². The van der Waals surface area contributed by atoms with Crippen LogP contribution in [0.1, 0.15) is 34.6 Å². The van der Waals surface area contributed by atoms with Gasteiger partial charge in [-0.05, 0) is 38.1 Å². The molecule has 3 rings (SSSR count). The maximum absolute atomic E-state index is 13.8. The molecule has 5 nitrogen and oxygen atoms in total. The van der Waals surface area contributed by atoms with Crippen LogP contribution in [-0.4, -0.2) is 37.2 Å². The summed E-state index contributed by atoms with van der Waals surface area (Å²) in [5, 5.41) is 2.96. The molecule has 128 valence electrons. The second-order valence-electron chi connectivity index (χ2n) is 6.01. The van der Waals surface area contributed by atoms with Gasteiger partial charge in [0.1, 0.15) is 5.82 Å². The van der Waals surface area contributed by atoms with Gasteiger partial charge in [-0.3, -0.25) is 4.79 Å². The molecule has 0 spiro atoms. The van der Waals surface area contributed by atoms with Gasteiger partial charge in [-0.1, -0.05) is 0 Å². The maximum Gasteiger partial charge on any atom is 0.253 e. The largest absolute Gasteiger partial charge is 0.378 e. The average Bonchev–Trinajstić information content (AvgIpc) is 3.01. The topological polar surface area (TPSA) is 57.4 Å². The van der Waals surface area contributed by atoms with Gasteiger partial charge >= 0.3 is 0 Å². The van der Waals surface area contributed by atoms with Crippen LogP contribution in [0.4, 0.5) is 10.1 Å². The van der Waals surface area contributed by atoms with Crippen molar-refractivity contribution in [1.82, 2.24) is 10.3 Å². The number of nitrogens with one attached hydrogen (secondary N) is 2. The lowest BCUT2D eigenvalue weighted by atomic mass is 10.0. The second kappa shape index (κ2) is 7.05. The van der Waals surface area contributed by atoms with E-state index in [4.69, 9.17) is 4.74 Å². The maximum atomic E-state index is 13.8. The number of halogens is 1. The van der Waals surface area contributed by atoms with Gasteiger partial charge in [0.2, 0.25) is 0 Å². The number of aryl methyl sites for hydroxylation is 1. The molecule has 6 heteroatoms. The molecule has 0 radical (unpaired) electrons. The van der Waals surface area contributed by atoms with E-state index in [1.807, 2.05) is 13.8 Å². The number of carbonyl (C=O) groups is 1. The molecule has 0 bridgehead atoms. The van der Waals surface area contributed by atoms with Crippen molar-refractivity contribution in [2.45, 2.75) is 19.9 Å².